The molecular weight excluding hydrogens is 312 g/mol. The monoisotopic (exact) mass is 330 g/mol. The maximum atomic E-state index is 12.6. The van der Waals surface area contributed by atoms with Crippen LogP contribution in [-0.4, -0.2) is 5.78 Å². The second-order valence-electron chi connectivity index (χ2n) is 6.08. The molecule has 3 heteroatoms. The van der Waals surface area contributed by atoms with Gasteiger partial charge in [-0.05, 0) is 29.3 Å². The minimum Gasteiger partial charge on any atom is -0.489 e. The van der Waals surface area contributed by atoms with Gasteiger partial charge in [0.2, 0.25) is 0 Å². The van der Waals surface area contributed by atoms with Gasteiger partial charge in [0.1, 0.15) is 24.2 Å². The summed E-state index contributed by atoms with van der Waals surface area (Å²) in [6, 6.07) is 25.2. The molecule has 4 rings (SSSR count). The average Bonchev–Trinajstić information content (AvgIpc) is 2.68. The Morgan fingerprint density at radius 2 is 1.64 bits per heavy atom. The fourth-order valence-electron chi connectivity index (χ4n) is 2.99. The molecule has 124 valence electrons. The maximum Gasteiger partial charge on any atom is 0.170 e. The van der Waals surface area contributed by atoms with Crippen LogP contribution in [0.25, 0.3) is 0 Å². The van der Waals surface area contributed by atoms with Gasteiger partial charge in [-0.25, -0.2) is 0 Å². The van der Waals surface area contributed by atoms with Crippen LogP contribution in [0.15, 0.2) is 78.9 Å². The molecule has 0 saturated carbocycles. The number of benzene rings is 3. The van der Waals surface area contributed by atoms with Crippen molar-refractivity contribution in [1.29, 1.82) is 0 Å². The quantitative estimate of drug-likeness (QED) is 0.677. The van der Waals surface area contributed by atoms with Crippen LogP contribution in [0, 0.1) is 0 Å². The van der Waals surface area contributed by atoms with Crippen molar-refractivity contribution in [2.45, 2.75) is 19.1 Å². The lowest BCUT2D eigenvalue weighted by molar-refractivity contribution is 0.0849. The van der Waals surface area contributed by atoms with E-state index in [9.17, 15) is 4.79 Å². The molecule has 1 aliphatic rings. The van der Waals surface area contributed by atoms with Crippen molar-refractivity contribution in [3.05, 3.63) is 95.6 Å². The lowest BCUT2D eigenvalue weighted by atomic mass is 9.96. The van der Waals surface area contributed by atoms with Gasteiger partial charge >= 0.3 is 0 Å². The van der Waals surface area contributed by atoms with E-state index in [2.05, 4.69) is 0 Å². The number of hydrogen-bond acceptors (Lipinski definition) is 3. The molecule has 1 atom stereocenters. The number of carbonyl (C=O) groups is 1. The van der Waals surface area contributed by atoms with Crippen molar-refractivity contribution in [2.24, 2.45) is 0 Å². The molecule has 0 spiro atoms. The Labute approximate surface area is 146 Å². The summed E-state index contributed by atoms with van der Waals surface area (Å²) in [5, 5.41) is 0. The Kier molecular flexibility index (Phi) is 4.21. The van der Waals surface area contributed by atoms with E-state index >= 15 is 0 Å². The highest BCUT2D eigenvalue weighted by Crippen LogP contribution is 2.36. The summed E-state index contributed by atoms with van der Waals surface area (Å²) in [5.74, 6) is 1.38. The van der Waals surface area contributed by atoms with E-state index in [1.165, 1.54) is 0 Å². The van der Waals surface area contributed by atoms with Crippen LogP contribution in [0.5, 0.6) is 11.5 Å². The first-order chi connectivity index (χ1) is 12.3. The van der Waals surface area contributed by atoms with Gasteiger partial charge in [0.05, 0.1) is 12.0 Å². The van der Waals surface area contributed by atoms with E-state index < -0.39 is 0 Å². The molecule has 0 N–H and O–H groups in total. The first-order valence-electron chi connectivity index (χ1n) is 8.35. The third-order valence-electron chi connectivity index (χ3n) is 4.31. The van der Waals surface area contributed by atoms with Crippen LogP contribution in [0.1, 0.15) is 34.0 Å². The fourth-order valence-corrected chi connectivity index (χ4v) is 2.99. The normalized spacial score (nSPS) is 16.0. The third kappa shape index (κ3) is 3.41. The summed E-state index contributed by atoms with van der Waals surface area (Å²) in [6.45, 7) is 0.474. The van der Waals surface area contributed by atoms with E-state index in [4.69, 9.17) is 9.47 Å². The molecule has 1 heterocycles. The van der Waals surface area contributed by atoms with Crippen LogP contribution in [0.4, 0.5) is 0 Å². The van der Waals surface area contributed by atoms with Crippen molar-refractivity contribution in [3.63, 3.8) is 0 Å². The van der Waals surface area contributed by atoms with Crippen LogP contribution in [0.3, 0.4) is 0 Å². The summed E-state index contributed by atoms with van der Waals surface area (Å²) in [6.07, 6.45) is 0.122. The van der Waals surface area contributed by atoms with E-state index in [1.807, 2.05) is 72.8 Å². The number of Topliss-reactive ketones (excluding diaryl/α,β-unsaturated/α-hetero) is 1. The van der Waals surface area contributed by atoms with Gasteiger partial charge in [0, 0.05) is 0 Å². The minimum atomic E-state index is -0.225. The predicted molar refractivity (Wildman–Crippen MR) is 96.0 cm³/mol. The topological polar surface area (TPSA) is 35.5 Å². The average molecular weight is 330 g/mol. The zero-order valence-corrected chi connectivity index (χ0v) is 13.7. The molecular formula is C22H18O3. The van der Waals surface area contributed by atoms with Crippen molar-refractivity contribution < 1.29 is 14.3 Å². The highest BCUT2D eigenvalue weighted by molar-refractivity contribution is 6.00. The Balaban J connectivity index is 1.51. The summed E-state index contributed by atoms with van der Waals surface area (Å²) in [7, 11) is 0. The van der Waals surface area contributed by atoms with Crippen LogP contribution in [0.2, 0.25) is 0 Å². The second kappa shape index (κ2) is 6.81. The predicted octanol–water partition coefficient (Wildman–Crippen LogP) is 4.97. The minimum absolute atomic E-state index is 0.0836. The first-order valence-corrected chi connectivity index (χ1v) is 8.35. The molecule has 0 aliphatic carbocycles. The van der Waals surface area contributed by atoms with E-state index in [0.29, 0.717) is 30.1 Å². The van der Waals surface area contributed by atoms with Gasteiger partial charge in [0.15, 0.2) is 5.78 Å². The number of hydrogen-bond donors (Lipinski definition) is 0. The summed E-state index contributed by atoms with van der Waals surface area (Å²) in [4.78, 5) is 12.6. The van der Waals surface area contributed by atoms with Crippen LogP contribution >= 0.6 is 0 Å². The van der Waals surface area contributed by atoms with Crippen molar-refractivity contribution >= 4 is 5.78 Å². The molecule has 1 aliphatic heterocycles. The Morgan fingerprint density at radius 1 is 0.920 bits per heavy atom. The zero-order valence-electron chi connectivity index (χ0n) is 13.7. The first kappa shape index (κ1) is 15.5. The molecule has 0 fully saturated rings. The molecule has 3 nitrogen and oxygen atoms in total. The molecule has 0 aromatic heterocycles. The molecule has 3 aromatic carbocycles. The Bertz CT molecular complexity index is 872. The van der Waals surface area contributed by atoms with E-state index in [1.54, 1.807) is 6.07 Å². The van der Waals surface area contributed by atoms with Gasteiger partial charge in [-0.2, -0.15) is 0 Å². The third-order valence-corrected chi connectivity index (χ3v) is 4.31. The lowest BCUT2D eigenvalue weighted by Crippen LogP contribution is -2.20. The Morgan fingerprint density at radius 3 is 2.40 bits per heavy atom. The molecule has 1 unspecified atom stereocenters. The standard InChI is InChI=1S/C22H18O3/c23-20-14-22(17-9-5-2-6-10-17)25-21-12-11-18(13-19(20)21)24-15-16-7-3-1-4-8-16/h1-13,22H,14-15H2. The van der Waals surface area contributed by atoms with Crippen molar-refractivity contribution in [2.75, 3.05) is 0 Å². The summed E-state index contributed by atoms with van der Waals surface area (Å²) < 4.78 is 11.8. The molecule has 0 amide bonds. The van der Waals surface area contributed by atoms with Crippen LogP contribution in [-0.2, 0) is 6.61 Å². The summed E-state index contributed by atoms with van der Waals surface area (Å²) in [5.41, 5.74) is 2.70. The number of carbonyl (C=O) groups excluding carboxylic acids is 1. The largest absolute Gasteiger partial charge is 0.489 e. The Hall–Kier alpha value is -3.07. The number of ether oxygens (including phenoxy) is 2. The van der Waals surface area contributed by atoms with Gasteiger partial charge < -0.3 is 9.47 Å². The number of rotatable bonds is 4. The smallest absolute Gasteiger partial charge is 0.170 e. The molecule has 3 aromatic rings. The fraction of sp³-hybridized carbons (Fsp3) is 0.136. The highest BCUT2D eigenvalue weighted by atomic mass is 16.5. The van der Waals surface area contributed by atoms with Gasteiger partial charge in [-0.3, -0.25) is 4.79 Å². The van der Waals surface area contributed by atoms with Crippen LogP contribution < -0.4 is 9.47 Å². The molecule has 0 radical (unpaired) electrons. The van der Waals surface area contributed by atoms with Gasteiger partial charge in [-0.15, -0.1) is 0 Å². The van der Waals surface area contributed by atoms with Gasteiger partial charge in [-0.1, -0.05) is 60.7 Å². The molecule has 25 heavy (non-hydrogen) atoms. The number of fused-ring (bicyclic) bond motifs is 1. The van der Waals surface area contributed by atoms with Crippen molar-refractivity contribution in [1.82, 2.24) is 0 Å². The zero-order chi connectivity index (χ0) is 17.1. The van der Waals surface area contributed by atoms with E-state index in [-0.39, 0.29) is 11.9 Å². The maximum absolute atomic E-state index is 12.6. The number of ketones is 1. The van der Waals surface area contributed by atoms with Crippen molar-refractivity contribution in [3.8, 4) is 11.5 Å². The molecule has 0 bridgehead atoms. The second-order valence-corrected chi connectivity index (χ2v) is 6.08. The highest BCUT2D eigenvalue weighted by Gasteiger charge is 2.27. The van der Waals surface area contributed by atoms with E-state index in [0.717, 1.165) is 11.1 Å². The SMILES string of the molecule is O=C1CC(c2ccccc2)Oc2ccc(OCc3ccccc3)cc21. The van der Waals surface area contributed by atoms with Gasteiger partial charge in [0.25, 0.3) is 0 Å². The molecule has 0 saturated heterocycles. The lowest BCUT2D eigenvalue weighted by Gasteiger charge is -2.26. The summed E-state index contributed by atoms with van der Waals surface area (Å²) >= 11 is 0.